The van der Waals surface area contributed by atoms with Gasteiger partial charge in [0.15, 0.2) is 0 Å². The molecule has 1 aliphatic rings. The van der Waals surface area contributed by atoms with E-state index >= 15 is 0 Å². The molecule has 2 aromatic heterocycles. The van der Waals surface area contributed by atoms with Gasteiger partial charge in [0.2, 0.25) is 5.91 Å². The maximum absolute atomic E-state index is 13.7. The lowest BCUT2D eigenvalue weighted by Gasteiger charge is -2.33. The molecule has 142 valence electrons. The molecule has 0 spiro atoms. The van der Waals surface area contributed by atoms with E-state index in [1.807, 2.05) is 29.2 Å². The highest BCUT2D eigenvalue weighted by Crippen LogP contribution is 2.32. The highest BCUT2D eigenvalue weighted by atomic mass is 19.1. The van der Waals surface area contributed by atoms with Gasteiger partial charge in [-0.15, -0.1) is 0 Å². The normalized spacial score (nSPS) is 16.8. The summed E-state index contributed by atoms with van der Waals surface area (Å²) in [4.78, 5) is 27.9. The first-order valence-electron chi connectivity index (χ1n) is 9.45. The van der Waals surface area contributed by atoms with Gasteiger partial charge in [-0.1, -0.05) is 18.2 Å². The molecule has 0 bridgehead atoms. The van der Waals surface area contributed by atoms with Crippen molar-refractivity contribution in [2.24, 2.45) is 0 Å². The molecule has 4 rings (SSSR count). The number of hydrogen-bond donors (Lipinski definition) is 0. The Morgan fingerprint density at radius 2 is 1.96 bits per heavy atom. The number of halogens is 1. The average molecular weight is 376 g/mol. The fraction of sp³-hybridized carbons (Fsp3) is 0.273. The number of amides is 1. The Hall–Kier alpha value is -3.15. The molecule has 28 heavy (non-hydrogen) atoms. The summed E-state index contributed by atoms with van der Waals surface area (Å²) in [6.07, 6.45) is 7.10. The number of likely N-dealkylation sites (tertiary alicyclic amines) is 1. The Morgan fingerprint density at radius 1 is 1.07 bits per heavy atom. The summed E-state index contributed by atoms with van der Waals surface area (Å²) in [6.45, 7) is 1.32. The number of pyridine rings is 1. The van der Waals surface area contributed by atoms with E-state index in [9.17, 15) is 9.18 Å². The predicted molar refractivity (Wildman–Crippen MR) is 104 cm³/mol. The van der Waals surface area contributed by atoms with Gasteiger partial charge in [0, 0.05) is 48.9 Å². The van der Waals surface area contributed by atoms with Gasteiger partial charge in [-0.2, -0.15) is 0 Å². The third kappa shape index (κ3) is 4.06. The van der Waals surface area contributed by atoms with E-state index in [0.29, 0.717) is 24.2 Å². The van der Waals surface area contributed by atoms with Crippen LogP contribution in [0.15, 0.2) is 61.1 Å². The van der Waals surface area contributed by atoms with Crippen LogP contribution < -0.4 is 0 Å². The summed E-state index contributed by atoms with van der Waals surface area (Å²) < 4.78 is 13.7. The summed E-state index contributed by atoms with van der Waals surface area (Å²) in [5.41, 5.74) is 2.99. The second-order valence-corrected chi connectivity index (χ2v) is 6.98. The lowest BCUT2D eigenvalue weighted by Crippen LogP contribution is -2.40. The summed E-state index contributed by atoms with van der Waals surface area (Å²) in [7, 11) is 0. The molecule has 1 aliphatic heterocycles. The lowest BCUT2D eigenvalue weighted by molar-refractivity contribution is -0.131. The number of piperidine rings is 1. The molecule has 1 amide bonds. The van der Waals surface area contributed by atoms with Crippen LogP contribution in [-0.2, 0) is 11.2 Å². The van der Waals surface area contributed by atoms with Gasteiger partial charge >= 0.3 is 0 Å². The number of aromatic nitrogens is 3. The van der Waals surface area contributed by atoms with Crippen LogP contribution >= 0.6 is 0 Å². The number of hydrogen-bond acceptors (Lipinski definition) is 4. The fourth-order valence-corrected chi connectivity index (χ4v) is 3.70. The van der Waals surface area contributed by atoms with Gasteiger partial charge < -0.3 is 4.90 Å². The zero-order valence-electron chi connectivity index (χ0n) is 15.5. The maximum Gasteiger partial charge on any atom is 0.228 e. The van der Waals surface area contributed by atoms with Crippen LogP contribution in [0, 0.1) is 5.82 Å². The van der Waals surface area contributed by atoms with Gasteiger partial charge in [-0.05, 0) is 37.1 Å². The van der Waals surface area contributed by atoms with Gasteiger partial charge in [0.1, 0.15) is 5.82 Å². The van der Waals surface area contributed by atoms with Crippen LogP contribution in [0.25, 0.3) is 11.3 Å². The van der Waals surface area contributed by atoms with E-state index in [1.54, 1.807) is 24.7 Å². The highest BCUT2D eigenvalue weighted by molar-refractivity contribution is 5.78. The first kappa shape index (κ1) is 18.2. The molecule has 0 radical (unpaired) electrons. The molecule has 5 nitrogen and oxygen atoms in total. The standard InChI is InChI=1S/C22H21FN4O/c23-18-7-3-5-16(13-18)21-22(26-11-10-25-21)17-6-4-12-27(15-17)20(28)14-19-8-1-2-9-24-19/h1-3,5,7-11,13,17H,4,6,12,14-15H2/t17-/m0/s1. The molecule has 3 heterocycles. The smallest absolute Gasteiger partial charge is 0.228 e. The third-order valence-corrected chi connectivity index (χ3v) is 5.04. The molecule has 0 saturated carbocycles. The molecule has 6 heteroatoms. The van der Waals surface area contributed by atoms with Crippen LogP contribution in [0.3, 0.4) is 0 Å². The number of nitrogens with zero attached hydrogens (tertiary/aromatic N) is 4. The van der Waals surface area contributed by atoms with Crippen molar-refractivity contribution in [3.63, 3.8) is 0 Å². The van der Waals surface area contributed by atoms with Gasteiger partial charge in [-0.3, -0.25) is 19.7 Å². The minimum atomic E-state index is -0.301. The van der Waals surface area contributed by atoms with E-state index in [2.05, 4.69) is 15.0 Å². The topological polar surface area (TPSA) is 59.0 Å². The van der Waals surface area contributed by atoms with Crippen molar-refractivity contribution in [1.29, 1.82) is 0 Å². The van der Waals surface area contributed by atoms with Crippen LogP contribution in [0.2, 0.25) is 0 Å². The van der Waals surface area contributed by atoms with E-state index in [4.69, 9.17) is 0 Å². The van der Waals surface area contributed by atoms with Crippen molar-refractivity contribution in [3.05, 3.63) is 78.3 Å². The van der Waals surface area contributed by atoms with Crippen molar-refractivity contribution < 1.29 is 9.18 Å². The minimum Gasteiger partial charge on any atom is -0.342 e. The zero-order chi connectivity index (χ0) is 19.3. The second kappa shape index (κ2) is 8.25. The number of benzene rings is 1. The summed E-state index contributed by atoms with van der Waals surface area (Å²) >= 11 is 0. The van der Waals surface area contributed by atoms with Gasteiger partial charge in [0.25, 0.3) is 0 Å². The molecule has 3 aromatic rings. The van der Waals surface area contributed by atoms with E-state index in [0.717, 1.165) is 30.8 Å². The van der Waals surface area contributed by atoms with E-state index < -0.39 is 0 Å². The predicted octanol–water partition coefficient (Wildman–Crippen LogP) is 3.63. The van der Waals surface area contributed by atoms with Crippen LogP contribution in [-0.4, -0.2) is 38.8 Å². The Morgan fingerprint density at radius 3 is 2.79 bits per heavy atom. The zero-order valence-corrected chi connectivity index (χ0v) is 15.5. The SMILES string of the molecule is O=C(Cc1ccccn1)N1CCC[C@H](c2nccnc2-c2cccc(F)c2)C1. The lowest BCUT2D eigenvalue weighted by atomic mass is 9.91. The Bertz CT molecular complexity index is 964. The van der Waals surface area contributed by atoms with E-state index in [1.165, 1.54) is 12.1 Å². The van der Waals surface area contributed by atoms with Crippen molar-refractivity contribution in [2.75, 3.05) is 13.1 Å². The molecule has 0 aliphatic carbocycles. The largest absolute Gasteiger partial charge is 0.342 e. The fourth-order valence-electron chi connectivity index (χ4n) is 3.70. The molecular formula is C22H21FN4O. The van der Waals surface area contributed by atoms with Crippen LogP contribution in [0.1, 0.15) is 30.1 Å². The van der Waals surface area contributed by atoms with Crippen molar-refractivity contribution in [2.45, 2.75) is 25.2 Å². The Balaban J connectivity index is 1.55. The second-order valence-electron chi connectivity index (χ2n) is 6.98. The molecule has 0 N–H and O–H groups in total. The van der Waals surface area contributed by atoms with Crippen molar-refractivity contribution >= 4 is 5.91 Å². The number of carbonyl (C=O) groups excluding carboxylic acids is 1. The number of rotatable bonds is 4. The molecular weight excluding hydrogens is 355 g/mol. The molecule has 1 saturated heterocycles. The van der Waals surface area contributed by atoms with Gasteiger partial charge in [-0.25, -0.2) is 4.39 Å². The quantitative estimate of drug-likeness (QED) is 0.698. The summed E-state index contributed by atoms with van der Waals surface area (Å²) in [5, 5.41) is 0. The van der Waals surface area contributed by atoms with Crippen LogP contribution in [0.5, 0.6) is 0 Å². The Kier molecular flexibility index (Phi) is 5.37. The molecule has 1 aromatic carbocycles. The van der Waals surface area contributed by atoms with Gasteiger partial charge in [0.05, 0.1) is 17.8 Å². The first-order valence-corrected chi connectivity index (χ1v) is 9.45. The highest BCUT2D eigenvalue weighted by Gasteiger charge is 2.28. The monoisotopic (exact) mass is 376 g/mol. The Labute approximate surface area is 163 Å². The van der Waals surface area contributed by atoms with Crippen LogP contribution in [0.4, 0.5) is 4.39 Å². The van der Waals surface area contributed by atoms with Crippen molar-refractivity contribution in [1.82, 2.24) is 19.9 Å². The first-order chi connectivity index (χ1) is 13.7. The minimum absolute atomic E-state index is 0.0691. The summed E-state index contributed by atoms with van der Waals surface area (Å²) in [5.74, 6) is -0.155. The van der Waals surface area contributed by atoms with E-state index in [-0.39, 0.29) is 17.6 Å². The van der Waals surface area contributed by atoms with Crippen molar-refractivity contribution in [3.8, 4) is 11.3 Å². The molecule has 1 fully saturated rings. The summed E-state index contributed by atoms with van der Waals surface area (Å²) in [6, 6.07) is 12.0. The maximum atomic E-state index is 13.7. The molecule has 1 atom stereocenters. The third-order valence-electron chi connectivity index (χ3n) is 5.04. The average Bonchev–Trinajstić information content (AvgIpc) is 2.74. The molecule has 0 unspecified atom stereocenters. The number of carbonyl (C=O) groups is 1.